The number of carbonyl (C=O) groups excluding carboxylic acids is 1. The molecule has 5 heteroatoms. The average molecular weight is 230 g/mol. The molecule has 4 nitrogen and oxygen atoms in total. The number of hydrogen-bond donors (Lipinski definition) is 1. The van der Waals surface area contributed by atoms with Gasteiger partial charge in [0.25, 0.3) is 0 Å². The predicted octanol–water partition coefficient (Wildman–Crippen LogP) is 0.546. The summed E-state index contributed by atoms with van der Waals surface area (Å²) in [5.74, 6) is -0.273. The van der Waals surface area contributed by atoms with E-state index in [-0.39, 0.29) is 17.9 Å². The fraction of sp³-hybridized carbons (Fsp3) is 0.800. The van der Waals surface area contributed by atoms with E-state index in [1.165, 1.54) is 0 Å². The van der Waals surface area contributed by atoms with Crippen molar-refractivity contribution in [3.8, 4) is 0 Å². The molecule has 0 aromatic rings. The number of carbonyl (C=O) groups is 1. The minimum atomic E-state index is -0.315. The van der Waals surface area contributed by atoms with Crippen molar-refractivity contribution in [2.45, 2.75) is 26.4 Å². The topological polar surface area (TPSA) is 55.6 Å². The molecule has 0 saturated carbocycles. The first-order chi connectivity index (χ1) is 7.06. The standard InChI is InChI=1S/C10H18N2O2S/c1-3-8(9(11)15)10(13)12-4-5-14-7(2)6-12/h7-8H,3-6H2,1-2H3,(H2,11,15). The average Bonchev–Trinajstić information content (AvgIpc) is 2.18. The van der Waals surface area contributed by atoms with Gasteiger partial charge >= 0.3 is 0 Å². The van der Waals surface area contributed by atoms with Crippen LogP contribution in [0.15, 0.2) is 0 Å². The maximum atomic E-state index is 12.0. The summed E-state index contributed by atoms with van der Waals surface area (Å²) in [6, 6.07) is 0. The molecular formula is C10H18N2O2S. The highest BCUT2D eigenvalue weighted by Gasteiger charge is 2.28. The third-order valence-corrected chi connectivity index (χ3v) is 2.89. The van der Waals surface area contributed by atoms with Crippen molar-refractivity contribution in [3.63, 3.8) is 0 Å². The second-order valence-electron chi connectivity index (χ2n) is 3.83. The lowest BCUT2D eigenvalue weighted by Gasteiger charge is -2.33. The van der Waals surface area contributed by atoms with Gasteiger partial charge < -0.3 is 15.4 Å². The summed E-state index contributed by atoms with van der Waals surface area (Å²) in [7, 11) is 0. The largest absolute Gasteiger partial charge is 0.393 e. The van der Waals surface area contributed by atoms with Gasteiger partial charge in [-0.2, -0.15) is 0 Å². The van der Waals surface area contributed by atoms with Crippen molar-refractivity contribution < 1.29 is 9.53 Å². The van der Waals surface area contributed by atoms with Crippen LogP contribution in [0.5, 0.6) is 0 Å². The van der Waals surface area contributed by atoms with E-state index in [1.807, 2.05) is 13.8 Å². The molecule has 86 valence electrons. The van der Waals surface area contributed by atoms with Crippen molar-refractivity contribution in [2.24, 2.45) is 11.7 Å². The molecule has 0 aromatic carbocycles. The molecule has 2 unspecified atom stereocenters. The van der Waals surface area contributed by atoms with E-state index in [0.29, 0.717) is 31.1 Å². The maximum absolute atomic E-state index is 12.0. The first-order valence-electron chi connectivity index (χ1n) is 5.26. The molecule has 1 aliphatic heterocycles. The fourth-order valence-corrected chi connectivity index (χ4v) is 2.00. The van der Waals surface area contributed by atoms with Crippen LogP contribution in [0.1, 0.15) is 20.3 Å². The molecule has 15 heavy (non-hydrogen) atoms. The highest BCUT2D eigenvalue weighted by atomic mass is 32.1. The normalized spacial score (nSPS) is 23.6. The van der Waals surface area contributed by atoms with Gasteiger partial charge in [0.2, 0.25) is 5.91 Å². The summed E-state index contributed by atoms with van der Waals surface area (Å²) in [5.41, 5.74) is 5.54. The molecule has 0 bridgehead atoms. The number of ether oxygens (including phenoxy) is 1. The summed E-state index contributed by atoms with van der Waals surface area (Å²) in [5, 5.41) is 0. The van der Waals surface area contributed by atoms with Gasteiger partial charge in [-0.3, -0.25) is 4.79 Å². The van der Waals surface area contributed by atoms with Crippen molar-refractivity contribution in [1.29, 1.82) is 0 Å². The summed E-state index contributed by atoms with van der Waals surface area (Å²) >= 11 is 4.89. The first-order valence-corrected chi connectivity index (χ1v) is 5.66. The van der Waals surface area contributed by atoms with Crippen LogP contribution >= 0.6 is 12.2 Å². The van der Waals surface area contributed by atoms with Crippen molar-refractivity contribution in [1.82, 2.24) is 4.90 Å². The molecule has 0 spiro atoms. The maximum Gasteiger partial charge on any atom is 0.232 e. The third-order valence-electron chi connectivity index (χ3n) is 2.60. The van der Waals surface area contributed by atoms with E-state index in [0.717, 1.165) is 0 Å². The minimum Gasteiger partial charge on any atom is -0.393 e. The number of rotatable bonds is 3. The Bertz CT molecular complexity index is 258. The van der Waals surface area contributed by atoms with E-state index in [4.69, 9.17) is 22.7 Å². The molecule has 0 aliphatic carbocycles. The Balaban J connectivity index is 2.61. The van der Waals surface area contributed by atoms with E-state index >= 15 is 0 Å². The van der Waals surface area contributed by atoms with Gasteiger partial charge in [0.05, 0.1) is 23.6 Å². The first kappa shape index (κ1) is 12.4. The molecule has 2 atom stereocenters. The van der Waals surface area contributed by atoms with E-state index in [9.17, 15) is 4.79 Å². The molecule has 0 aromatic heterocycles. The van der Waals surface area contributed by atoms with E-state index in [1.54, 1.807) is 4.90 Å². The van der Waals surface area contributed by atoms with Gasteiger partial charge in [-0.15, -0.1) is 0 Å². The Morgan fingerprint density at radius 2 is 2.40 bits per heavy atom. The highest BCUT2D eigenvalue weighted by Crippen LogP contribution is 2.12. The second-order valence-corrected chi connectivity index (χ2v) is 4.30. The number of nitrogens with zero attached hydrogens (tertiary/aromatic N) is 1. The second kappa shape index (κ2) is 5.42. The van der Waals surface area contributed by atoms with E-state index in [2.05, 4.69) is 0 Å². The van der Waals surface area contributed by atoms with Crippen LogP contribution in [-0.4, -0.2) is 41.6 Å². The number of amides is 1. The Kier molecular flexibility index (Phi) is 4.47. The van der Waals surface area contributed by atoms with Crippen LogP contribution in [0.4, 0.5) is 0 Å². The molecule has 1 saturated heterocycles. The van der Waals surface area contributed by atoms with Gasteiger partial charge in [0.1, 0.15) is 0 Å². The zero-order valence-corrected chi connectivity index (χ0v) is 10.0. The van der Waals surface area contributed by atoms with Crippen LogP contribution < -0.4 is 5.73 Å². The van der Waals surface area contributed by atoms with Crippen LogP contribution in [0.25, 0.3) is 0 Å². The van der Waals surface area contributed by atoms with Crippen LogP contribution in [0, 0.1) is 5.92 Å². The van der Waals surface area contributed by atoms with Crippen LogP contribution in [0.3, 0.4) is 0 Å². The Hall–Kier alpha value is -0.680. The van der Waals surface area contributed by atoms with E-state index < -0.39 is 0 Å². The number of morpholine rings is 1. The number of nitrogens with two attached hydrogens (primary N) is 1. The summed E-state index contributed by atoms with van der Waals surface area (Å²) in [6.45, 7) is 5.76. The zero-order chi connectivity index (χ0) is 11.4. The Morgan fingerprint density at radius 1 is 1.73 bits per heavy atom. The molecule has 1 fully saturated rings. The summed E-state index contributed by atoms with van der Waals surface area (Å²) in [6.07, 6.45) is 0.770. The molecule has 1 amide bonds. The summed E-state index contributed by atoms with van der Waals surface area (Å²) < 4.78 is 5.37. The number of thiocarbonyl (C=S) groups is 1. The zero-order valence-electron chi connectivity index (χ0n) is 9.23. The fourth-order valence-electron chi connectivity index (χ4n) is 1.74. The smallest absolute Gasteiger partial charge is 0.232 e. The molecular weight excluding hydrogens is 212 g/mol. The van der Waals surface area contributed by atoms with Crippen molar-refractivity contribution >= 4 is 23.1 Å². The predicted molar refractivity (Wildman–Crippen MR) is 62.6 cm³/mol. The Labute approximate surface area is 95.8 Å². The highest BCUT2D eigenvalue weighted by molar-refractivity contribution is 7.80. The van der Waals surface area contributed by atoms with Gasteiger partial charge in [-0.1, -0.05) is 19.1 Å². The van der Waals surface area contributed by atoms with Crippen molar-refractivity contribution in [3.05, 3.63) is 0 Å². The lowest BCUT2D eigenvalue weighted by atomic mass is 10.0. The lowest BCUT2D eigenvalue weighted by Crippen LogP contribution is -2.48. The van der Waals surface area contributed by atoms with Crippen molar-refractivity contribution in [2.75, 3.05) is 19.7 Å². The SMILES string of the molecule is CCC(C(=O)N1CCOC(C)C1)C(N)=S. The molecule has 1 aliphatic rings. The van der Waals surface area contributed by atoms with Gasteiger partial charge in [0, 0.05) is 13.1 Å². The molecule has 1 heterocycles. The van der Waals surface area contributed by atoms with Gasteiger partial charge in [0.15, 0.2) is 0 Å². The van der Waals surface area contributed by atoms with Crippen LogP contribution in [0.2, 0.25) is 0 Å². The lowest BCUT2D eigenvalue weighted by molar-refractivity contribution is -0.140. The Morgan fingerprint density at radius 3 is 2.87 bits per heavy atom. The van der Waals surface area contributed by atoms with Gasteiger partial charge in [-0.25, -0.2) is 0 Å². The monoisotopic (exact) mass is 230 g/mol. The molecule has 0 radical (unpaired) electrons. The molecule has 2 N–H and O–H groups in total. The quantitative estimate of drug-likeness (QED) is 0.719. The minimum absolute atomic E-state index is 0.0418. The molecule has 1 rings (SSSR count). The van der Waals surface area contributed by atoms with Gasteiger partial charge in [-0.05, 0) is 13.3 Å². The number of hydrogen-bond acceptors (Lipinski definition) is 3. The summed E-state index contributed by atoms with van der Waals surface area (Å²) in [4.78, 5) is 14.1. The van der Waals surface area contributed by atoms with Crippen LogP contribution in [-0.2, 0) is 9.53 Å². The third kappa shape index (κ3) is 3.14.